The number of carbonyl (C=O) groups excluding carboxylic acids is 4. The van der Waals surface area contributed by atoms with E-state index in [4.69, 9.17) is 37.0 Å². The van der Waals surface area contributed by atoms with E-state index < -0.39 is 97.5 Å². The summed E-state index contributed by atoms with van der Waals surface area (Å²) in [6, 6.07) is 0. The highest BCUT2D eigenvalue weighted by atomic mass is 31.2. The van der Waals surface area contributed by atoms with Gasteiger partial charge in [0, 0.05) is 25.7 Å². The third kappa shape index (κ3) is 64.8. The van der Waals surface area contributed by atoms with Crippen LogP contribution in [0.15, 0.2) is 0 Å². The fourth-order valence-electron chi connectivity index (χ4n) is 10.8. The fourth-order valence-corrected chi connectivity index (χ4v) is 12.4. The van der Waals surface area contributed by atoms with Gasteiger partial charge in [0.2, 0.25) is 0 Å². The number of rotatable bonds is 71. The molecule has 5 atom stereocenters. The first-order valence-electron chi connectivity index (χ1n) is 37.1. The molecule has 0 heterocycles. The van der Waals surface area contributed by atoms with E-state index in [1.54, 1.807) is 0 Å². The van der Waals surface area contributed by atoms with E-state index >= 15 is 0 Å². The third-order valence-electron chi connectivity index (χ3n) is 16.5. The Kier molecular flexibility index (Phi) is 63.0. The van der Waals surface area contributed by atoms with Crippen LogP contribution in [0.3, 0.4) is 0 Å². The largest absolute Gasteiger partial charge is 0.472 e. The Morgan fingerprint density at radius 2 is 0.511 bits per heavy atom. The van der Waals surface area contributed by atoms with Crippen LogP contribution < -0.4 is 0 Å². The number of phosphoric ester groups is 2. The summed E-state index contributed by atoms with van der Waals surface area (Å²) in [6.07, 6.45) is 51.7. The standard InChI is InChI=1S/C71H138O17P2/c1-6-9-12-15-17-19-21-23-25-26-28-30-32-37-41-46-51-56-71(76)88-67(61-82-69(74)55-50-45-40-36-31-29-27-24-22-20-18-16-13-10-7-2)63-86-90(79,80)84-59-65(72)58-83-89(77,78)85-62-66(60-81-68(73)54-49-43-14-11-8-3)87-70(75)57-52-47-42-38-34-33-35-39-44-48-53-64(4)5/h64-67,72H,6-63H2,1-5H3,(H,77,78)(H,79,80)/t65-,66+,67+/m0/s1. The zero-order valence-corrected chi connectivity index (χ0v) is 60.1. The SMILES string of the molecule is CCCCCCCCCCCCCCCCCCCC(=O)O[C@H](COC(=O)CCCCCCCCCCCCCCCCC)COP(=O)(O)OC[C@@H](O)COP(=O)(O)OC[C@@H](COC(=O)CCCCCCC)OC(=O)CCCCCCCCCCCCC(C)C. The third-order valence-corrected chi connectivity index (χ3v) is 18.4. The van der Waals surface area contributed by atoms with Crippen molar-refractivity contribution in [3.63, 3.8) is 0 Å². The predicted octanol–water partition coefficient (Wildman–Crippen LogP) is 20.5. The molecule has 0 aromatic carbocycles. The number of carbonyl (C=O) groups is 4. The van der Waals surface area contributed by atoms with Gasteiger partial charge in [-0.15, -0.1) is 0 Å². The van der Waals surface area contributed by atoms with Crippen LogP contribution in [0.1, 0.15) is 369 Å². The van der Waals surface area contributed by atoms with Crippen LogP contribution in [-0.4, -0.2) is 96.7 Å². The van der Waals surface area contributed by atoms with Gasteiger partial charge in [0.05, 0.1) is 26.4 Å². The Labute approximate surface area is 549 Å². The lowest BCUT2D eigenvalue weighted by atomic mass is 10.0. The van der Waals surface area contributed by atoms with Gasteiger partial charge in [-0.3, -0.25) is 37.3 Å². The van der Waals surface area contributed by atoms with Crippen molar-refractivity contribution in [1.82, 2.24) is 0 Å². The molecule has 0 aliphatic carbocycles. The van der Waals surface area contributed by atoms with Gasteiger partial charge in [0.25, 0.3) is 0 Å². The average Bonchev–Trinajstić information content (AvgIpc) is 3.13. The Hall–Kier alpha value is -1.94. The van der Waals surface area contributed by atoms with E-state index in [-0.39, 0.29) is 25.7 Å². The van der Waals surface area contributed by atoms with E-state index in [0.717, 1.165) is 102 Å². The van der Waals surface area contributed by atoms with Gasteiger partial charge >= 0.3 is 39.5 Å². The lowest BCUT2D eigenvalue weighted by Crippen LogP contribution is -2.30. The zero-order chi connectivity index (χ0) is 66.3. The van der Waals surface area contributed by atoms with E-state index in [1.807, 2.05) is 0 Å². The second kappa shape index (κ2) is 64.4. The predicted molar refractivity (Wildman–Crippen MR) is 363 cm³/mol. The zero-order valence-electron chi connectivity index (χ0n) is 58.3. The van der Waals surface area contributed by atoms with Crippen LogP contribution in [0.5, 0.6) is 0 Å². The maximum absolute atomic E-state index is 13.0. The van der Waals surface area contributed by atoms with Crippen LogP contribution in [0.4, 0.5) is 0 Å². The molecule has 3 N–H and O–H groups in total. The summed E-state index contributed by atoms with van der Waals surface area (Å²) in [6.45, 7) is 7.16. The summed E-state index contributed by atoms with van der Waals surface area (Å²) in [5, 5.41) is 10.6. The molecule has 2 unspecified atom stereocenters. The number of hydrogen-bond acceptors (Lipinski definition) is 15. The number of hydrogen-bond donors (Lipinski definition) is 3. The highest BCUT2D eigenvalue weighted by Crippen LogP contribution is 2.45. The minimum Gasteiger partial charge on any atom is -0.462 e. The molecule has 0 aliphatic heterocycles. The molecule has 0 aromatic rings. The van der Waals surface area contributed by atoms with E-state index in [9.17, 15) is 43.2 Å². The maximum atomic E-state index is 13.0. The van der Waals surface area contributed by atoms with E-state index in [1.165, 1.54) is 186 Å². The van der Waals surface area contributed by atoms with Crippen molar-refractivity contribution in [3.8, 4) is 0 Å². The van der Waals surface area contributed by atoms with Crippen molar-refractivity contribution in [3.05, 3.63) is 0 Å². The molecule has 0 saturated carbocycles. The Bertz CT molecular complexity index is 1740. The number of aliphatic hydroxyl groups is 1. The topological polar surface area (TPSA) is 237 Å². The molecule has 19 heteroatoms. The Morgan fingerprint density at radius 1 is 0.300 bits per heavy atom. The molecule has 90 heavy (non-hydrogen) atoms. The molecule has 0 bridgehead atoms. The van der Waals surface area contributed by atoms with Crippen molar-refractivity contribution >= 4 is 39.5 Å². The van der Waals surface area contributed by atoms with Crippen molar-refractivity contribution < 1.29 is 80.2 Å². The summed E-state index contributed by atoms with van der Waals surface area (Å²) in [7, 11) is -9.89. The molecule has 0 amide bonds. The molecule has 0 radical (unpaired) electrons. The lowest BCUT2D eigenvalue weighted by Gasteiger charge is -2.21. The number of aliphatic hydroxyl groups excluding tert-OH is 1. The van der Waals surface area contributed by atoms with E-state index in [0.29, 0.717) is 25.7 Å². The van der Waals surface area contributed by atoms with Gasteiger partial charge in [-0.1, -0.05) is 317 Å². The minimum atomic E-state index is -4.95. The van der Waals surface area contributed by atoms with Gasteiger partial charge in [0.1, 0.15) is 19.3 Å². The van der Waals surface area contributed by atoms with Crippen LogP contribution >= 0.6 is 15.6 Å². The molecule has 0 saturated heterocycles. The quantitative estimate of drug-likeness (QED) is 0.0222. The summed E-state index contributed by atoms with van der Waals surface area (Å²) in [5.74, 6) is -1.38. The monoisotopic (exact) mass is 1320 g/mol. The lowest BCUT2D eigenvalue weighted by molar-refractivity contribution is -0.161. The minimum absolute atomic E-state index is 0.105. The van der Waals surface area contributed by atoms with Crippen molar-refractivity contribution in [2.24, 2.45) is 5.92 Å². The second-order valence-electron chi connectivity index (χ2n) is 26.1. The average molecular weight is 1330 g/mol. The van der Waals surface area contributed by atoms with E-state index in [2.05, 4.69) is 34.6 Å². The highest BCUT2D eigenvalue weighted by Gasteiger charge is 2.30. The van der Waals surface area contributed by atoms with Crippen LogP contribution in [0.2, 0.25) is 0 Å². The first-order valence-corrected chi connectivity index (χ1v) is 40.1. The van der Waals surface area contributed by atoms with Gasteiger partial charge in [0.15, 0.2) is 12.2 Å². The number of ether oxygens (including phenoxy) is 4. The van der Waals surface area contributed by atoms with Gasteiger partial charge in [-0.2, -0.15) is 0 Å². The molecule has 17 nitrogen and oxygen atoms in total. The summed E-state index contributed by atoms with van der Waals surface area (Å²) >= 11 is 0. The molecule has 0 aromatic heterocycles. The van der Waals surface area contributed by atoms with Gasteiger partial charge in [-0.25, -0.2) is 9.13 Å². The number of phosphoric acid groups is 2. The van der Waals surface area contributed by atoms with Crippen molar-refractivity contribution in [2.45, 2.75) is 387 Å². The molecular weight excluding hydrogens is 1190 g/mol. The summed E-state index contributed by atoms with van der Waals surface area (Å²) in [5.41, 5.74) is 0. The molecule has 0 rings (SSSR count). The molecule has 0 aliphatic rings. The van der Waals surface area contributed by atoms with Crippen LogP contribution in [0, 0.1) is 5.92 Å². The summed E-state index contributed by atoms with van der Waals surface area (Å²) < 4.78 is 68.1. The molecule has 0 fully saturated rings. The number of unbranched alkanes of at least 4 members (excludes halogenated alkanes) is 43. The van der Waals surface area contributed by atoms with Crippen molar-refractivity contribution in [1.29, 1.82) is 0 Å². The second-order valence-corrected chi connectivity index (χ2v) is 29.0. The van der Waals surface area contributed by atoms with Crippen LogP contribution in [0.25, 0.3) is 0 Å². The smallest absolute Gasteiger partial charge is 0.462 e. The first-order chi connectivity index (χ1) is 43.5. The Balaban J connectivity index is 5.15. The first kappa shape index (κ1) is 88.1. The van der Waals surface area contributed by atoms with Crippen LogP contribution in [-0.2, 0) is 65.4 Å². The van der Waals surface area contributed by atoms with Gasteiger partial charge in [-0.05, 0) is 31.6 Å². The molecule has 534 valence electrons. The maximum Gasteiger partial charge on any atom is 0.472 e. The van der Waals surface area contributed by atoms with Gasteiger partial charge < -0.3 is 33.8 Å². The number of esters is 4. The summed E-state index contributed by atoms with van der Waals surface area (Å²) in [4.78, 5) is 72.3. The fraction of sp³-hybridized carbons (Fsp3) is 0.944. The molecule has 0 spiro atoms. The normalized spacial score (nSPS) is 14.1. The molecular formula is C71H138O17P2. The van der Waals surface area contributed by atoms with Crippen molar-refractivity contribution in [2.75, 3.05) is 39.6 Å². The Morgan fingerprint density at radius 3 is 0.756 bits per heavy atom. The highest BCUT2D eigenvalue weighted by molar-refractivity contribution is 7.47.